The van der Waals surface area contributed by atoms with Crippen molar-refractivity contribution < 1.29 is 10.2 Å². The van der Waals surface area contributed by atoms with Crippen LogP contribution in [-0.2, 0) is 0 Å². The highest BCUT2D eigenvalue weighted by Gasteiger charge is 1.98. The highest BCUT2D eigenvalue weighted by molar-refractivity contribution is 4.57. The van der Waals surface area contributed by atoms with Crippen LogP contribution in [0.3, 0.4) is 0 Å². The van der Waals surface area contributed by atoms with Crippen molar-refractivity contribution in [3.8, 4) is 0 Å². The molecule has 0 spiro atoms. The molecule has 0 atom stereocenters. The summed E-state index contributed by atoms with van der Waals surface area (Å²) in [6.45, 7) is 3.88. The van der Waals surface area contributed by atoms with Crippen LogP contribution in [0.25, 0.3) is 0 Å². The van der Waals surface area contributed by atoms with Gasteiger partial charge >= 0.3 is 0 Å². The molecule has 0 unspecified atom stereocenters. The van der Waals surface area contributed by atoms with Gasteiger partial charge in [0.05, 0.1) is 0 Å². The lowest BCUT2D eigenvalue weighted by Crippen LogP contribution is -1.92. The summed E-state index contributed by atoms with van der Waals surface area (Å²) in [4.78, 5) is 0. The van der Waals surface area contributed by atoms with Gasteiger partial charge in [0.15, 0.2) is 0 Å². The largest absolute Gasteiger partial charge is 0.361 e. The molecule has 0 heterocycles. The molecule has 0 rings (SSSR count). The molecule has 132 valence electrons. The fourth-order valence-electron chi connectivity index (χ4n) is 2.93. The van der Waals surface area contributed by atoms with E-state index in [1.54, 1.807) is 0 Å². The summed E-state index contributed by atoms with van der Waals surface area (Å²) in [5.74, 6) is 0. The van der Waals surface area contributed by atoms with Gasteiger partial charge in [-0.2, -0.15) is 0 Å². The van der Waals surface area contributed by atoms with Gasteiger partial charge in [0.1, 0.15) is 0 Å². The van der Waals surface area contributed by atoms with Gasteiger partial charge in [0.25, 0.3) is 0 Å². The van der Waals surface area contributed by atoms with Crippen LogP contribution >= 0.6 is 0 Å². The van der Waals surface area contributed by atoms with Crippen LogP contribution in [0.15, 0.2) is 0 Å². The smallest absolute Gasteiger partial charge is 0.218 e. The van der Waals surface area contributed by atoms with Crippen LogP contribution in [0.4, 0.5) is 0 Å². The Morgan fingerprint density at radius 3 is 1.00 bits per heavy atom. The first-order chi connectivity index (χ1) is 10.8. The second-order valence-electron chi connectivity index (χ2n) is 6.68. The molecular weight excluding hydrogens is 272 g/mol. The Kier molecular flexibility index (Phi) is 18.9. The normalized spacial score (nSPS) is 11.5. The van der Waals surface area contributed by atoms with Gasteiger partial charge in [-0.05, 0) is 6.42 Å². The second kappa shape index (κ2) is 19.0. The van der Waals surface area contributed by atoms with Crippen molar-refractivity contribution in [1.29, 1.82) is 0 Å². The molecule has 0 fully saturated rings. The van der Waals surface area contributed by atoms with Crippen LogP contribution in [0.5, 0.6) is 0 Å². The fourth-order valence-corrected chi connectivity index (χ4v) is 2.93. The maximum absolute atomic E-state index is 8.65. The number of aliphatic hydroxyl groups is 2. The minimum absolute atomic E-state index is 0.404. The molecule has 0 saturated heterocycles. The molecule has 0 bridgehead atoms. The van der Waals surface area contributed by atoms with E-state index in [9.17, 15) is 0 Å². The molecule has 0 aliphatic heterocycles. The van der Waals surface area contributed by atoms with E-state index in [-0.39, 0.29) is 0 Å². The Bertz CT molecular complexity index is 192. The first-order valence-electron chi connectivity index (χ1n) is 9.80. The summed E-state index contributed by atoms with van der Waals surface area (Å²) in [5, 5.41) is 17.3. The van der Waals surface area contributed by atoms with E-state index in [1.807, 2.05) is 0 Å². The third-order valence-corrected chi connectivity index (χ3v) is 4.40. The van der Waals surface area contributed by atoms with E-state index >= 15 is 0 Å². The molecule has 0 aliphatic rings. The maximum atomic E-state index is 8.65. The van der Waals surface area contributed by atoms with E-state index in [0.29, 0.717) is 6.42 Å². The van der Waals surface area contributed by atoms with Gasteiger partial charge in [-0.25, -0.2) is 0 Å². The van der Waals surface area contributed by atoms with E-state index in [0.717, 1.165) is 19.3 Å². The van der Waals surface area contributed by atoms with Gasteiger partial charge in [0.2, 0.25) is 6.29 Å². The van der Waals surface area contributed by atoms with Gasteiger partial charge in [-0.15, -0.1) is 0 Å². The van der Waals surface area contributed by atoms with Crippen molar-refractivity contribution in [1.82, 2.24) is 0 Å². The summed E-state index contributed by atoms with van der Waals surface area (Å²) in [5.41, 5.74) is 0. The standard InChI is InChI=1S/C20H40O2/c1-2-3-4-5-6-7-8-9-10-11-12-13-14-15-16-17-18-19-20(21)22/h21-22H,1-19H2. The first-order valence-corrected chi connectivity index (χ1v) is 9.80. The lowest BCUT2D eigenvalue weighted by atomic mass is 10.0. The molecule has 0 aromatic rings. The zero-order chi connectivity index (χ0) is 16.3. The Balaban J connectivity index is 2.94. The SMILES string of the molecule is [CH2]CCCCCCCCCCCCCCCCCC[C](O)O. The molecule has 2 N–H and O–H groups in total. The minimum atomic E-state index is -0.404. The van der Waals surface area contributed by atoms with E-state index in [1.165, 1.54) is 89.9 Å². The average molecular weight is 313 g/mol. The topological polar surface area (TPSA) is 40.5 Å². The van der Waals surface area contributed by atoms with Gasteiger partial charge in [0, 0.05) is 6.42 Å². The van der Waals surface area contributed by atoms with Crippen molar-refractivity contribution in [3.63, 3.8) is 0 Å². The second-order valence-corrected chi connectivity index (χ2v) is 6.68. The summed E-state index contributed by atoms with van der Waals surface area (Å²) < 4.78 is 0. The molecule has 0 aliphatic carbocycles. The monoisotopic (exact) mass is 312 g/mol. The molecule has 22 heavy (non-hydrogen) atoms. The predicted octanol–water partition coefficient (Wildman–Crippen LogP) is 7.08. The van der Waals surface area contributed by atoms with E-state index < -0.39 is 6.29 Å². The first kappa shape index (κ1) is 21.9. The quantitative estimate of drug-likeness (QED) is 0.265. The maximum Gasteiger partial charge on any atom is 0.218 e. The van der Waals surface area contributed by atoms with Crippen molar-refractivity contribution in [2.45, 2.75) is 116 Å². The Morgan fingerprint density at radius 1 is 0.455 bits per heavy atom. The number of hydrogen-bond donors (Lipinski definition) is 2. The lowest BCUT2D eigenvalue weighted by Gasteiger charge is -2.04. The molecule has 0 amide bonds. The van der Waals surface area contributed by atoms with Crippen LogP contribution in [-0.4, -0.2) is 10.2 Å². The number of aliphatic hydroxyl groups excluding tert-OH is 1. The van der Waals surface area contributed by atoms with Crippen LogP contribution in [0.1, 0.15) is 116 Å². The summed E-state index contributed by atoms with van der Waals surface area (Å²) in [7, 11) is 0. The molecule has 0 aromatic heterocycles. The van der Waals surface area contributed by atoms with Crippen LogP contribution in [0.2, 0.25) is 0 Å². The Hall–Kier alpha value is -0.0800. The van der Waals surface area contributed by atoms with Crippen LogP contribution in [0, 0.1) is 13.2 Å². The Morgan fingerprint density at radius 2 is 0.727 bits per heavy atom. The van der Waals surface area contributed by atoms with Crippen molar-refractivity contribution >= 4 is 0 Å². The van der Waals surface area contributed by atoms with Gasteiger partial charge < -0.3 is 10.2 Å². The average Bonchev–Trinajstić information content (AvgIpc) is 2.50. The minimum Gasteiger partial charge on any atom is -0.361 e. The van der Waals surface area contributed by atoms with Crippen molar-refractivity contribution in [2.24, 2.45) is 0 Å². The highest BCUT2D eigenvalue weighted by atomic mass is 16.5. The van der Waals surface area contributed by atoms with Crippen molar-refractivity contribution in [2.75, 3.05) is 0 Å². The third kappa shape index (κ3) is 19.9. The lowest BCUT2D eigenvalue weighted by molar-refractivity contribution is 0.0704. The molecule has 0 aromatic carbocycles. The molecule has 2 nitrogen and oxygen atoms in total. The third-order valence-electron chi connectivity index (χ3n) is 4.40. The van der Waals surface area contributed by atoms with E-state index in [4.69, 9.17) is 10.2 Å². The number of rotatable bonds is 18. The highest BCUT2D eigenvalue weighted by Crippen LogP contribution is 2.14. The molecule has 2 heteroatoms. The fraction of sp³-hybridized carbons (Fsp3) is 0.900. The number of unbranched alkanes of at least 4 members (excludes halogenated alkanes) is 16. The van der Waals surface area contributed by atoms with Gasteiger partial charge in [-0.1, -0.05) is 110 Å². The molecular formula is C20H40O2. The van der Waals surface area contributed by atoms with E-state index in [2.05, 4.69) is 6.92 Å². The van der Waals surface area contributed by atoms with Crippen molar-refractivity contribution in [3.05, 3.63) is 13.2 Å². The number of hydrogen-bond acceptors (Lipinski definition) is 2. The van der Waals surface area contributed by atoms with Crippen LogP contribution < -0.4 is 0 Å². The summed E-state index contributed by atoms with van der Waals surface area (Å²) in [6.07, 6.45) is 22.5. The molecule has 2 radical (unpaired) electrons. The molecule has 0 saturated carbocycles. The predicted molar refractivity (Wildman–Crippen MR) is 95.6 cm³/mol. The summed E-state index contributed by atoms with van der Waals surface area (Å²) >= 11 is 0. The van der Waals surface area contributed by atoms with Gasteiger partial charge in [-0.3, -0.25) is 0 Å². The zero-order valence-corrected chi connectivity index (χ0v) is 14.8. The zero-order valence-electron chi connectivity index (χ0n) is 14.8. The Labute approximate surface area is 139 Å². The summed E-state index contributed by atoms with van der Waals surface area (Å²) in [6, 6.07) is 0.